The van der Waals surface area contributed by atoms with Crippen LogP contribution in [0.4, 0.5) is 10.1 Å². The van der Waals surface area contributed by atoms with Crippen LogP contribution in [0, 0.1) is 26.6 Å². The first-order valence-corrected chi connectivity index (χ1v) is 10.9. The second kappa shape index (κ2) is 8.61. The molecule has 4 aromatic rings. The van der Waals surface area contributed by atoms with Crippen molar-refractivity contribution in [3.05, 3.63) is 81.2 Å². The van der Waals surface area contributed by atoms with Crippen LogP contribution in [-0.2, 0) is 11.2 Å². The summed E-state index contributed by atoms with van der Waals surface area (Å²) in [5.74, 6) is -0.420. The Hall–Kier alpha value is -3.03. The van der Waals surface area contributed by atoms with E-state index < -0.39 is 0 Å². The molecule has 0 radical (unpaired) electrons. The van der Waals surface area contributed by atoms with E-state index in [0.717, 1.165) is 33.8 Å². The summed E-state index contributed by atoms with van der Waals surface area (Å²) in [6.45, 7) is 5.72. The van der Waals surface area contributed by atoms with Gasteiger partial charge in [0.05, 0.1) is 17.8 Å². The average molecular weight is 455 g/mol. The molecule has 2 aromatic carbocycles. The molecule has 8 heteroatoms. The molecule has 4 rings (SSSR count). The molecule has 0 fully saturated rings. The van der Waals surface area contributed by atoms with Crippen LogP contribution in [0.2, 0.25) is 5.02 Å². The second-order valence-corrected chi connectivity index (χ2v) is 8.54. The summed E-state index contributed by atoms with van der Waals surface area (Å²) in [5.41, 5.74) is 5.72. The van der Waals surface area contributed by atoms with Gasteiger partial charge in [-0.25, -0.2) is 14.1 Å². The monoisotopic (exact) mass is 454 g/mol. The van der Waals surface area contributed by atoms with E-state index in [0.29, 0.717) is 15.8 Å². The number of benzene rings is 2. The smallest absolute Gasteiger partial charge is 0.228 e. The summed E-state index contributed by atoms with van der Waals surface area (Å²) in [6, 6.07) is 11.6. The quantitative estimate of drug-likeness (QED) is 0.408. The third kappa shape index (κ3) is 4.52. The Morgan fingerprint density at radius 3 is 2.65 bits per heavy atom. The number of aromatic nitrogens is 3. The van der Waals surface area contributed by atoms with E-state index in [1.54, 1.807) is 28.9 Å². The molecule has 5 nitrogen and oxygen atoms in total. The summed E-state index contributed by atoms with van der Waals surface area (Å²) >= 11 is 7.49. The predicted molar refractivity (Wildman–Crippen MR) is 123 cm³/mol. The van der Waals surface area contributed by atoms with Gasteiger partial charge in [0.15, 0.2) is 0 Å². The predicted octanol–water partition coefficient (Wildman–Crippen LogP) is 5.89. The summed E-state index contributed by atoms with van der Waals surface area (Å²) in [6.07, 6.45) is 0.194. The largest absolute Gasteiger partial charge is 0.326 e. The maximum Gasteiger partial charge on any atom is 0.228 e. The number of nitrogens with one attached hydrogen (secondary N) is 1. The number of nitrogens with zero attached hydrogens (tertiary/aromatic N) is 3. The highest BCUT2D eigenvalue weighted by molar-refractivity contribution is 7.12. The minimum absolute atomic E-state index is 0.137. The van der Waals surface area contributed by atoms with Crippen LogP contribution in [-0.4, -0.2) is 20.7 Å². The maximum absolute atomic E-state index is 13.2. The summed E-state index contributed by atoms with van der Waals surface area (Å²) in [5, 5.41) is 10.7. The fourth-order valence-corrected chi connectivity index (χ4v) is 4.32. The Bertz CT molecular complexity index is 1260. The van der Waals surface area contributed by atoms with Gasteiger partial charge in [0.1, 0.15) is 5.82 Å². The zero-order valence-electron chi connectivity index (χ0n) is 17.2. The van der Waals surface area contributed by atoms with Gasteiger partial charge >= 0.3 is 0 Å². The number of hydrogen-bond acceptors (Lipinski definition) is 4. The number of thiazole rings is 1. The molecule has 0 unspecified atom stereocenters. The summed E-state index contributed by atoms with van der Waals surface area (Å²) in [7, 11) is 0. The number of hydrogen-bond donors (Lipinski definition) is 1. The molecule has 0 aliphatic rings. The van der Waals surface area contributed by atoms with Crippen LogP contribution in [0.3, 0.4) is 0 Å². The van der Waals surface area contributed by atoms with Crippen molar-refractivity contribution < 1.29 is 9.18 Å². The van der Waals surface area contributed by atoms with Crippen molar-refractivity contribution in [3.63, 3.8) is 0 Å². The van der Waals surface area contributed by atoms with Crippen LogP contribution in [0.1, 0.15) is 22.5 Å². The van der Waals surface area contributed by atoms with Crippen molar-refractivity contribution in [1.29, 1.82) is 0 Å². The fourth-order valence-electron chi connectivity index (χ4n) is 3.32. The number of amides is 1. The molecule has 0 saturated heterocycles. The van der Waals surface area contributed by atoms with Crippen LogP contribution < -0.4 is 5.32 Å². The standard InChI is InChI=1S/C23H20ClFN4OS/c1-13-4-7-17(24)10-20(13)26-22(30)11-19-14(2)28-29(15(19)3)23-27-21(12-31-23)16-5-8-18(25)9-6-16/h4-10,12H,11H2,1-3H3,(H,26,30). The van der Waals surface area contributed by atoms with Gasteiger partial charge in [-0.1, -0.05) is 17.7 Å². The molecule has 0 aliphatic heterocycles. The molecule has 0 spiro atoms. The van der Waals surface area contributed by atoms with Crippen LogP contribution in [0.25, 0.3) is 16.4 Å². The zero-order valence-corrected chi connectivity index (χ0v) is 18.8. The van der Waals surface area contributed by atoms with E-state index in [9.17, 15) is 9.18 Å². The van der Waals surface area contributed by atoms with Gasteiger partial charge in [-0.2, -0.15) is 5.10 Å². The van der Waals surface area contributed by atoms with Crippen LogP contribution >= 0.6 is 22.9 Å². The van der Waals surface area contributed by atoms with Crippen molar-refractivity contribution in [2.75, 3.05) is 5.32 Å². The summed E-state index contributed by atoms with van der Waals surface area (Å²) < 4.78 is 14.9. The maximum atomic E-state index is 13.2. The molecule has 0 bridgehead atoms. The Morgan fingerprint density at radius 2 is 1.90 bits per heavy atom. The number of aryl methyl sites for hydroxylation is 2. The zero-order chi connectivity index (χ0) is 22.1. The molecule has 2 aromatic heterocycles. The Kier molecular flexibility index (Phi) is 5.89. The molecule has 31 heavy (non-hydrogen) atoms. The molecule has 2 heterocycles. The number of anilines is 1. The van der Waals surface area contributed by atoms with Gasteiger partial charge in [-0.05, 0) is 62.7 Å². The molecule has 0 aliphatic carbocycles. The van der Waals surface area contributed by atoms with Gasteiger partial charge in [-0.15, -0.1) is 11.3 Å². The molecule has 0 saturated carbocycles. The average Bonchev–Trinajstić information content (AvgIpc) is 3.32. The lowest BCUT2D eigenvalue weighted by Crippen LogP contribution is -2.16. The molecule has 0 atom stereocenters. The highest BCUT2D eigenvalue weighted by atomic mass is 35.5. The first-order chi connectivity index (χ1) is 14.8. The van der Waals surface area contributed by atoms with Crippen molar-refractivity contribution in [2.24, 2.45) is 0 Å². The minimum Gasteiger partial charge on any atom is -0.326 e. The Balaban J connectivity index is 1.56. The first-order valence-electron chi connectivity index (χ1n) is 9.65. The van der Waals surface area contributed by atoms with Crippen molar-refractivity contribution >= 4 is 34.5 Å². The highest BCUT2D eigenvalue weighted by Gasteiger charge is 2.18. The Morgan fingerprint density at radius 1 is 1.16 bits per heavy atom. The van der Waals surface area contributed by atoms with Crippen molar-refractivity contribution in [1.82, 2.24) is 14.8 Å². The van der Waals surface area contributed by atoms with Crippen molar-refractivity contribution in [2.45, 2.75) is 27.2 Å². The lowest BCUT2D eigenvalue weighted by Gasteiger charge is -2.09. The van der Waals surface area contributed by atoms with Gasteiger partial charge in [-0.3, -0.25) is 4.79 Å². The van der Waals surface area contributed by atoms with E-state index in [1.165, 1.54) is 23.5 Å². The van der Waals surface area contributed by atoms with E-state index in [4.69, 9.17) is 11.6 Å². The normalized spacial score (nSPS) is 11.0. The minimum atomic E-state index is -0.284. The van der Waals surface area contributed by atoms with E-state index in [2.05, 4.69) is 15.4 Å². The fraction of sp³-hybridized carbons (Fsp3) is 0.174. The molecule has 1 N–H and O–H groups in total. The summed E-state index contributed by atoms with van der Waals surface area (Å²) in [4.78, 5) is 17.3. The van der Waals surface area contributed by atoms with Gasteiger partial charge in [0.2, 0.25) is 11.0 Å². The number of carbonyl (C=O) groups excluding carboxylic acids is 1. The van der Waals surface area contributed by atoms with Crippen molar-refractivity contribution in [3.8, 4) is 16.4 Å². The number of halogens is 2. The van der Waals surface area contributed by atoms with E-state index >= 15 is 0 Å². The van der Waals surface area contributed by atoms with Crippen LogP contribution in [0.5, 0.6) is 0 Å². The molecular weight excluding hydrogens is 435 g/mol. The number of rotatable bonds is 5. The first kappa shape index (κ1) is 21.2. The van der Waals surface area contributed by atoms with Gasteiger partial charge < -0.3 is 5.32 Å². The third-order valence-electron chi connectivity index (χ3n) is 5.07. The molecule has 158 valence electrons. The SMILES string of the molecule is Cc1ccc(Cl)cc1NC(=O)Cc1c(C)nn(-c2nc(-c3ccc(F)cc3)cs2)c1C. The van der Waals surface area contributed by atoms with E-state index in [1.807, 2.05) is 32.2 Å². The lowest BCUT2D eigenvalue weighted by atomic mass is 10.1. The van der Waals surface area contributed by atoms with Gasteiger partial charge in [0.25, 0.3) is 0 Å². The van der Waals surface area contributed by atoms with E-state index in [-0.39, 0.29) is 18.1 Å². The second-order valence-electron chi connectivity index (χ2n) is 7.27. The van der Waals surface area contributed by atoms with Gasteiger partial charge in [0, 0.05) is 32.9 Å². The Labute approximate surface area is 188 Å². The molecular formula is C23H20ClFN4OS. The lowest BCUT2D eigenvalue weighted by molar-refractivity contribution is -0.115. The van der Waals surface area contributed by atoms with Crippen LogP contribution in [0.15, 0.2) is 47.8 Å². The number of carbonyl (C=O) groups is 1. The molecule has 1 amide bonds. The highest BCUT2D eigenvalue weighted by Crippen LogP contribution is 2.27. The third-order valence-corrected chi connectivity index (χ3v) is 6.12. The topological polar surface area (TPSA) is 59.8 Å².